The average molecular weight is 299 g/mol. The van der Waals surface area contributed by atoms with Crippen LogP contribution in [0, 0.1) is 0 Å². The maximum absolute atomic E-state index is 4.86. The monoisotopic (exact) mass is 299 g/mol. The molecule has 0 atom stereocenters. The first-order valence-corrected chi connectivity index (χ1v) is 8.81. The van der Waals surface area contributed by atoms with Crippen LogP contribution >= 0.6 is 11.3 Å². The van der Waals surface area contributed by atoms with Crippen LogP contribution in [0.2, 0.25) is 0 Å². The van der Waals surface area contributed by atoms with Crippen molar-refractivity contribution >= 4 is 22.2 Å². The van der Waals surface area contributed by atoms with Crippen molar-refractivity contribution in [1.82, 2.24) is 10.3 Å². The van der Waals surface area contributed by atoms with Gasteiger partial charge in [-0.2, -0.15) is 0 Å². The van der Waals surface area contributed by atoms with Crippen molar-refractivity contribution in [3.05, 3.63) is 40.9 Å². The zero-order valence-electron chi connectivity index (χ0n) is 12.2. The predicted octanol–water partition coefficient (Wildman–Crippen LogP) is 3.87. The smallest absolute Gasteiger partial charge is 0.190 e. The van der Waals surface area contributed by atoms with Gasteiger partial charge in [0.1, 0.15) is 0 Å². The van der Waals surface area contributed by atoms with Gasteiger partial charge < -0.3 is 10.2 Å². The Labute approximate surface area is 130 Å². The van der Waals surface area contributed by atoms with E-state index < -0.39 is 0 Å². The van der Waals surface area contributed by atoms with E-state index in [1.165, 1.54) is 49.0 Å². The first-order valence-electron chi connectivity index (χ1n) is 7.93. The van der Waals surface area contributed by atoms with E-state index in [1.807, 2.05) is 0 Å². The zero-order valence-corrected chi connectivity index (χ0v) is 13.0. The highest BCUT2D eigenvalue weighted by atomic mass is 32.1. The van der Waals surface area contributed by atoms with E-state index in [9.17, 15) is 0 Å². The number of anilines is 2. The summed E-state index contributed by atoms with van der Waals surface area (Å²) < 4.78 is 0. The van der Waals surface area contributed by atoms with Crippen LogP contribution in [0.4, 0.5) is 10.8 Å². The standard InChI is InChI=1S/C17H21N3S/c1-2-7-16-13(5-1)6-3-4-10-20(16)17-19-15(12-21-17)11-18-14-8-9-14/h1-2,5,7,12,14,18H,3-4,6,8-11H2. The molecule has 1 fully saturated rings. The summed E-state index contributed by atoms with van der Waals surface area (Å²) in [5, 5.41) is 6.90. The minimum absolute atomic E-state index is 0.745. The van der Waals surface area contributed by atoms with Gasteiger partial charge >= 0.3 is 0 Å². The van der Waals surface area contributed by atoms with Crippen molar-refractivity contribution in [3.63, 3.8) is 0 Å². The molecule has 0 saturated heterocycles. The van der Waals surface area contributed by atoms with Gasteiger partial charge in [-0.25, -0.2) is 4.98 Å². The van der Waals surface area contributed by atoms with E-state index in [1.54, 1.807) is 11.3 Å². The molecule has 4 rings (SSSR count). The Morgan fingerprint density at radius 3 is 3.05 bits per heavy atom. The molecule has 3 nitrogen and oxygen atoms in total. The van der Waals surface area contributed by atoms with Crippen LogP contribution < -0.4 is 10.2 Å². The number of fused-ring (bicyclic) bond motifs is 1. The summed E-state index contributed by atoms with van der Waals surface area (Å²) in [5.41, 5.74) is 4.00. The number of aromatic nitrogens is 1. The third kappa shape index (κ3) is 2.97. The lowest BCUT2D eigenvalue weighted by molar-refractivity contribution is 0.676. The summed E-state index contributed by atoms with van der Waals surface area (Å²) in [6, 6.07) is 9.53. The molecule has 0 unspecified atom stereocenters. The molecule has 110 valence electrons. The van der Waals surface area contributed by atoms with Gasteiger partial charge in [0.05, 0.1) is 5.69 Å². The first-order chi connectivity index (χ1) is 10.4. The van der Waals surface area contributed by atoms with Crippen LogP contribution in [0.1, 0.15) is 36.9 Å². The van der Waals surface area contributed by atoms with Crippen molar-refractivity contribution < 1.29 is 0 Å². The van der Waals surface area contributed by atoms with Crippen molar-refractivity contribution in [2.45, 2.75) is 44.7 Å². The molecular formula is C17H21N3S. The number of thiazole rings is 1. The number of para-hydroxylation sites is 1. The van der Waals surface area contributed by atoms with E-state index in [4.69, 9.17) is 4.98 Å². The number of rotatable bonds is 4. The van der Waals surface area contributed by atoms with E-state index >= 15 is 0 Å². The van der Waals surface area contributed by atoms with Gasteiger partial charge in [0.15, 0.2) is 5.13 Å². The van der Waals surface area contributed by atoms with Gasteiger partial charge in [-0.15, -0.1) is 11.3 Å². The Morgan fingerprint density at radius 1 is 1.24 bits per heavy atom. The van der Waals surface area contributed by atoms with Crippen molar-refractivity contribution in [1.29, 1.82) is 0 Å². The summed E-state index contributed by atoms with van der Waals surface area (Å²) in [6.45, 7) is 2.00. The lowest BCUT2D eigenvalue weighted by atomic mass is 10.1. The lowest BCUT2D eigenvalue weighted by Crippen LogP contribution is -2.18. The largest absolute Gasteiger partial charge is 0.318 e. The highest BCUT2D eigenvalue weighted by molar-refractivity contribution is 7.13. The summed E-state index contributed by atoms with van der Waals surface area (Å²) in [6.07, 6.45) is 6.36. The molecule has 0 spiro atoms. The predicted molar refractivity (Wildman–Crippen MR) is 88.4 cm³/mol. The van der Waals surface area contributed by atoms with Crippen LogP contribution in [-0.4, -0.2) is 17.6 Å². The molecule has 0 bridgehead atoms. The molecule has 1 N–H and O–H groups in total. The zero-order chi connectivity index (χ0) is 14.1. The van der Waals surface area contributed by atoms with Gasteiger partial charge in [0.25, 0.3) is 0 Å². The minimum Gasteiger partial charge on any atom is -0.318 e. The van der Waals surface area contributed by atoms with Crippen LogP contribution in [-0.2, 0) is 13.0 Å². The summed E-state index contributed by atoms with van der Waals surface area (Å²) >= 11 is 1.78. The molecule has 1 aliphatic carbocycles. The Hall–Kier alpha value is -1.39. The highest BCUT2D eigenvalue weighted by Gasteiger charge is 2.22. The second-order valence-corrected chi connectivity index (χ2v) is 6.85. The molecule has 1 aromatic heterocycles. The fraction of sp³-hybridized carbons (Fsp3) is 0.471. The van der Waals surface area contributed by atoms with Crippen LogP contribution in [0.3, 0.4) is 0 Å². The summed E-state index contributed by atoms with van der Waals surface area (Å²) in [4.78, 5) is 7.27. The van der Waals surface area contributed by atoms with Crippen LogP contribution in [0.15, 0.2) is 29.6 Å². The highest BCUT2D eigenvalue weighted by Crippen LogP contribution is 2.34. The molecule has 2 heterocycles. The van der Waals surface area contributed by atoms with Gasteiger partial charge in [-0.05, 0) is 43.7 Å². The number of aryl methyl sites for hydroxylation is 1. The third-order valence-corrected chi connectivity index (χ3v) is 5.19. The summed E-state index contributed by atoms with van der Waals surface area (Å²) in [7, 11) is 0. The van der Waals surface area contributed by atoms with Crippen LogP contribution in [0.25, 0.3) is 0 Å². The maximum atomic E-state index is 4.86. The molecule has 4 heteroatoms. The van der Waals surface area contributed by atoms with E-state index in [2.05, 4.69) is 39.9 Å². The van der Waals surface area contributed by atoms with Gasteiger partial charge in [-0.3, -0.25) is 0 Å². The quantitative estimate of drug-likeness (QED) is 0.929. The SMILES string of the molecule is c1ccc2c(c1)CCCCN2c1nc(CNC2CC2)cs1. The summed E-state index contributed by atoms with van der Waals surface area (Å²) in [5.74, 6) is 0. The lowest BCUT2D eigenvalue weighted by Gasteiger charge is -2.21. The number of nitrogens with one attached hydrogen (secondary N) is 1. The van der Waals surface area contributed by atoms with Gasteiger partial charge in [0.2, 0.25) is 0 Å². The normalized spacial score (nSPS) is 18.4. The van der Waals surface area contributed by atoms with Gasteiger partial charge in [0, 0.05) is 30.2 Å². The Kier molecular flexibility index (Phi) is 3.65. The Morgan fingerprint density at radius 2 is 2.14 bits per heavy atom. The Balaban J connectivity index is 1.57. The van der Waals surface area contributed by atoms with Crippen molar-refractivity contribution in [2.75, 3.05) is 11.4 Å². The molecule has 0 amide bonds. The first kappa shape index (κ1) is 13.3. The average Bonchev–Trinajstić information content (AvgIpc) is 3.27. The number of hydrogen-bond donors (Lipinski definition) is 1. The topological polar surface area (TPSA) is 28.2 Å². The van der Waals surface area contributed by atoms with Crippen LogP contribution in [0.5, 0.6) is 0 Å². The fourth-order valence-corrected chi connectivity index (χ4v) is 3.79. The Bertz CT molecular complexity index is 618. The molecule has 2 aliphatic rings. The molecule has 21 heavy (non-hydrogen) atoms. The van der Waals surface area contributed by atoms with E-state index in [0.717, 1.165) is 24.3 Å². The van der Waals surface area contributed by atoms with Crippen molar-refractivity contribution in [3.8, 4) is 0 Å². The third-order valence-electron chi connectivity index (χ3n) is 4.28. The fourth-order valence-electron chi connectivity index (χ4n) is 2.93. The van der Waals surface area contributed by atoms with Crippen molar-refractivity contribution in [2.24, 2.45) is 0 Å². The molecular weight excluding hydrogens is 278 g/mol. The van der Waals surface area contributed by atoms with Gasteiger partial charge in [-0.1, -0.05) is 18.2 Å². The van der Waals surface area contributed by atoms with E-state index in [-0.39, 0.29) is 0 Å². The number of nitrogens with zero attached hydrogens (tertiary/aromatic N) is 2. The minimum atomic E-state index is 0.745. The maximum Gasteiger partial charge on any atom is 0.190 e. The molecule has 2 aromatic rings. The number of hydrogen-bond acceptors (Lipinski definition) is 4. The molecule has 1 aliphatic heterocycles. The second-order valence-electron chi connectivity index (χ2n) is 6.01. The molecule has 1 saturated carbocycles. The van der Waals surface area contributed by atoms with E-state index in [0.29, 0.717) is 0 Å². The second kappa shape index (κ2) is 5.78. The molecule has 1 aromatic carbocycles. The molecule has 0 radical (unpaired) electrons. The number of benzene rings is 1.